The molecule has 0 amide bonds. The largest absolute Gasteiger partial charge is 0.344 e. The summed E-state index contributed by atoms with van der Waals surface area (Å²) in [7, 11) is 0. The topological polar surface area (TPSA) is 29.5 Å². The highest BCUT2D eigenvalue weighted by Gasteiger charge is 2.15. The molecule has 0 spiro atoms. The average molecular weight is 168 g/mol. The molecular formula is C10H16O2. The third kappa shape index (κ3) is 1.89. The quantitative estimate of drug-likeness (QED) is 0.370. The Morgan fingerprint density at radius 2 is 2.00 bits per heavy atom. The molecule has 1 aliphatic rings. The molecule has 0 fully saturated rings. The second kappa shape index (κ2) is 3.76. The summed E-state index contributed by atoms with van der Waals surface area (Å²) in [6, 6.07) is 0. The molecule has 0 unspecified atom stereocenters. The monoisotopic (exact) mass is 168 g/mol. The molecule has 0 heterocycles. The zero-order valence-corrected chi connectivity index (χ0v) is 7.98. The van der Waals surface area contributed by atoms with Crippen LogP contribution in [-0.2, 0) is 4.89 Å². The highest BCUT2D eigenvalue weighted by atomic mass is 17.1. The van der Waals surface area contributed by atoms with E-state index in [1.165, 1.54) is 16.7 Å². The molecule has 0 aromatic carbocycles. The van der Waals surface area contributed by atoms with Crippen LogP contribution in [0.25, 0.3) is 0 Å². The van der Waals surface area contributed by atoms with Crippen LogP contribution in [0.3, 0.4) is 0 Å². The average Bonchev–Trinajstić information content (AvgIpc) is 2.05. The molecule has 0 radical (unpaired) electrons. The number of allylic oxidation sites excluding steroid dienone is 3. The fourth-order valence-corrected chi connectivity index (χ4v) is 1.45. The third-order valence-corrected chi connectivity index (χ3v) is 2.47. The van der Waals surface area contributed by atoms with Gasteiger partial charge in [-0.1, -0.05) is 11.1 Å². The molecular weight excluding hydrogens is 152 g/mol. The van der Waals surface area contributed by atoms with Crippen LogP contribution < -0.4 is 0 Å². The second-order valence-electron chi connectivity index (χ2n) is 3.58. The predicted octanol–water partition coefficient (Wildman–Crippen LogP) is 3.27. The Hall–Kier alpha value is -0.760. The molecule has 0 aromatic heterocycles. The lowest BCUT2D eigenvalue weighted by Crippen LogP contribution is -2.03. The molecule has 0 aromatic rings. The molecule has 1 N–H and O–H groups in total. The van der Waals surface area contributed by atoms with Crippen LogP contribution in [0.1, 0.15) is 40.0 Å². The van der Waals surface area contributed by atoms with E-state index >= 15 is 0 Å². The molecule has 2 heteroatoms. The number of rotatable bonds is 1. The summed E-state index contributed by atoms with van der Waals surface area (Å²) in [5.41, 5.74) is 3.91. The van der Waals surface area contributed by atoms with Gasteiger partial charge in [0.15, 0.2) is 0 Å². The van der Waals surface area contributed by atoms with Gasteiger partial charge in [-0.2, -0.15) is 0 Å². The molecule has 68 valence electrons. The lowest BCUT2D eigenvalue weighted by atomic mass is 9.91. The van der Waals surface area contributed by atoms with Crippen LogP contribution in [0.4, 0.5) is 0 Å². The molecule has 1 aliphatic carbocycles. The standard InChI is InChI=1S/C10H16O2/c1-7(2)9-5-4-8(3)10(6-9)12-11/h11H,4-6H2,1-3H3. The molecule has 0 saturated heterocycles. The normalized spacial score (nSPS) is 18.2. The van der Waals surface area contributed by atoms with Gasteiger partial charge in [0.2, 0.25) is 0 Å². The smallest absolute Gasteiger partial charge is 0.145 e. The van der Waals surface area contributed by atoms with Gasteiger partial charge in [-0.25, -0.2) is 5.26 Å². The first-order chi connectivity index (χ1) is 5.65. The molecule has 0 saturated carbocycles. The van der Waals surface area contributed by atoms with Crippen LogP contribution in [0, 0.1) is 0 Å². The fraction of sp³-hybridized carbons (Fsp3) is 0.600. The van der Waals surface area contributed by atoms with E-state index < -0.39 is 0 Å². The van der Waals surface area contributed by atoms with Crippen molar-refractivity contribution in [3.05, 3.63) is 22.5 Å². The van der Waals surface area contributed by atoms with Gasteiger partial charge in [0, 0.05) is 6.42 Å². The van der Waals surface area contributed by atoms with Gasteiger partial charge in [0.1, 0.15) is 5.76 Å². The highest BCUT2D eigenvalue weighted by molar-refractivity contribution is 5.24. The van der Waals surface area contributed by atoms with Gasteiger partial charge in [0.25, 0.3) is 0 Å². The van der Waals surface area contributed by atoms with Crippen molar-refractivity contribution in [3.63, 3.8) is 0 Å². The Bertz CT molecular complexity index is 232. The maximum atomic E-state index is 8.58. The van der Waals surface area contributed by atoms with E-state index in [4.69, 9.17) is 5.26 Å². The Balaban J connectivity index is 2.82. The molecule has 0 atom stereocenters. The Labute approximate surface area is 73.5 Å². The van der Waals surface area contributed by atoms with E-state index in [0.29, 0.717) is 0 Å². The van der Waals surface area contributed by atoms with E-state index in [9.17, 15) is 0 Å². The Morgan fingerprint density at radius 3 is 2.50 bits per heavy atom. The Morgan fingerprint density at radius 1 is 1.33 bits per heavy atom. The SMILES string of the molecule is CC(C)=C1CCC(C)=C(OO)C1. The van der Waals surface area contributed by atoms with E-state index in [2.05, 4.69) is 18.7 Å². The van der Waals surface area contributed by atoms with Crippen molar-refractivity contribution in [3.8, 4) is 0 Å². The van der Waals surface area contributed by atoms with Crippen LogP contribution >= 0.6 is 0 Å². The van der Waals surface area contributed by atoms with Gasteiger partial charge in [-0.3, -0.25) is 0 Å². The molecule has 2 nitrogen and oxygen atoms in total. The minimum absolute atomic E-state index is 0.734. The summed E-state index contributed by atoms with van der Waals surface area (Å²) in [5, 5.41) is 8.58. The maximum absolute atomic E-state index is 8.58. The minimum Gasteiger partial charge on any atom is -0.344 e. The van der Waals surface area contributed by atoms with Crippen LogP contribution in [0.2, 0.25) is 0 Å². The van der Waals surface area contributed by atoms with Gasteiger partial charge >= 0.3 is 0 Å². The number of hydrogen-bond acceptors (Lipinski definition) is 2. The summed E-state index contributed by atoms with van der Waals surface area (Å²) in [6.07, 6.45) is 2.90. The lowest BCUT2D eigenvalue weighted by Gasteiger charge is -2.18. The minimum atomic E-state index is 0.734. The van der Waals surface area contributed by atoms with Gasteiger partial charge < -0.3 is 4.89 Å². The van der Waals surface area contributed by atoms with E-state index in [1.807, 2.05) is 6.92 Å². The summed E-state index contributed by atoms with van der Waals surface area (Å²) in [6.45, 7) is 6.21. The first-order valence-electron chi connectivity index (χ1n) is 4.30. The highest BCUT2D eigenvalue weighted by Crippen LogP contribution is 2.30. The van der Waals surface area contributed by atoms with Crippen LogP contribution in [0.15, 0.2) is 22.5 Å². The number of hydrogen-bond donors (Lipinski definition) is 1. The maximum Gasteiger partial charge on any atom is 0.145 e. The molecule has 0 bridgehead atoms. The van der Waals surface area contributed by atoms with Crippen LogP contribution in [-0.4, -0.2) is 5.26 Å². The van der Waals surface area contributed by atoms with Crippen molar-refractivity contribution >= 4 is 0 Å². The Kier molecular flexibility index (Phi) is 2.93. The predicted molar refractivity (Wildman–Crippen MR) is 48.6 cm³/mol. The van der Waals surface area contributed by atoms with Crippen LogP contribution in [0.5, 0.6) is 0 Å². The van der Waals surface area contributed by atoms with E-state index in [0.717, 1.165) is 25.0 Å². The van der Waals surface area contributed by atoms with Gasteiger partial charge in [-0.05, 0) is 39.2 Å². The third-order valence-electron chi connectivity index (χ3n) is 2.47. The fourth-order valence-electron chi connectivity index (χ4n) is 1.45. The van der Waals surface area contributed by atoms with Crippen molar-refractivity contribution in [2.75, 3.05) is 0 Å². The van der Waals surface area contributed by atoms with Crippen molar-refractivity contribution < 1.29 is 10.1 Å². The summed E-state index contributed by atoms with van der Waals surface area (Å²) < 4.78 is 0. The summed E-state index contributed by atoms with van der Waals surface area (Å²) in [5.74, 6) is 0.734. The van der Waals surface area contributed by atoms with Crippen molar-refractivity contribution in [2.45, 2.75) is 40.0 Å². The first kappa shape index (κ1) is 9.33. The first-order valence-corrected chi connectivity index (χ1v) is 4.30. The second-order valence-corrected chi connectivity index (χ2v) is 3.58. The summed E-state index contributed by atoms with van der Waals surface area (Å²) in [4.78, 5) is 4.33. The van der Waals surface area contributed by atoms with Crippen molar-refractivity contribution in [2.24, 2.45) is 0 Å². The zero-order chi connectivity index (χ0) is 9.14. The van der Waals surface area contributed by atoms with Gasteiger partial charge in [-0.15, -0.1) is 0 Å². The van der Waals surface area contributed by atoms with Crippen molar-refractivity contribution in [1.82, 2.24) is 0 Å². The van der Waals surface area contributed by atoms with Crippen molar-refractivity contribution in [1.29, 1.82) is 0 Å². The zero-order valence-electron chi connectivity index (χ0n) is 7.98. The van der Waals surface area contributed by atoms with E-state index in [-0.39, 0.29) is 0 Å². The molecule has 1 rings (SSSR count). The van der Waals surface area contributed by atoms with E-state index in [1.54, 1.807) is 0 Å². The lowest BCUT2D eigenvalue weighted by molar-refractivity contribution is -0.206. The summed E-state index contributed by atoms with van der Waals surface area (Å²) >= 11 is 0. The molecule has 0 aliphatic heterocycles. The van der Waals surface area contributed by atoms with Gasteiger partial charge in [0.05, 0.1) is 0 Å². The molecule has 12 heavy (non-hydrogen) atoms.